The Bertz CT molecular complexity index is 459. The first-order valence-corrected chi connectivity index (χ1v) is 5.71. The molecule has 5 nitrogen and oxygen atoms in total. The zero-order chi connectivity index (χ0) is 13.0. The van der Waals surface area contributed by atoms with Gasteiger partial charge >= 0.3 is 6.03 Å². The lowest BCUT2D eigenvalue weighted by molar-refractivity contribution is -0.137. The fraction of sp³-hybridized carbons (Fsp3) is 0.231. The fourth-order valence-electron chi connectivity index (χ4n) is 1.77. The van der Waals surface area contributed by atoms with Gasteiger partial charge in [-0.05, 0) is 5.56 Å². The Morgan fingerprint density at radius 3 is 2.67 bits per heavy atom. The molecule has 0 radical (unpaired) electrons. The van der Waals surface area contributed by atoms with Gasteiger partial charge < -0.3 is 4.90 Å². The Kier molecular flexibility index (Phi) is 3.62. The highest BCUT2D eigenvalue weighted by Gasteiger charge is 2.28. The number of hydrogen-bond acceptors (Lipinski definition) is 2. The minimum atomic E-state index is -0.273. The molecule has 0 aliphatic carbocycles. The van der Waals surface area contributed by atoms with Crippen molar-refractivity contribution < 1.29 is 9.59 Å². The van der Waals surface area contributed by atoms with Crippen LogP contribution in [0.2, 0.25) is 0 Å². The van der Waals surface area contributed by atoms with Gasteiger partial charge in [0.05, 0.1) is 6.54 Å². The van der Waals surface area contributed by atoms with Crippen molar-refractivity contribution in [2.45, 2.75) is 6.54 Å². The number of nitrogens with zero attached hydrogens (tertiary/aromatic N) is 2. The summed E-state index contributed by atoms with van der Waals surface area (Å²) in [6.45, 7) is 4.40. The van der Waals surface area contributed by atoms with Crippen LogP contribution in [-0.2, 0) is 11.3 Å². The van der Waals surface area contributed by atoms with Gasteiger partial charge in [-0.2, -0.15) is 0 Å². The molecular formula is C13H15N3O2. The standard InChI is InChI=1S/C13H15N3O2/c1-2-8-15-10-12(17)16(14-13(15)18)9-11-6-4-3-5-7-11/h2-7H,1,8-10H2,(H,14,18). The minimum absolute atomic E-state index is 0.0880. The summed E-state index contributed by atoms with van der Waals surface area (Å²) in [7, 11) is 0. The summed E-state index contributed by atoms with van der Waals surface area (Å²) in [5, 5.41) is 1.34. The lowest BCUT2D eigenvalue weighted by atomic mass is 10.2. The molecule has 0 aromatic heterocycles. The van der Waals surface area contributed by atoms with Crippen LogP contribution in [0.4, 0.5) is 4.79 Å². The number of hydrogen-bond donors (Lipinski definition) is 1. The highest BCUT2D eigenvalue weighted by atomic mass is 16.2. The summed E-state index contributed by atoms with van der Waals surface area (Å²) in [6.07, 6.45) is 1.60. The summed E-state index contributed by atoms with van der Waals surface area (Å²) >= 11 is 0. The minimum Gasteiger partial charge on any atom is -0.310 e. The second-order valence-corrected chi connectivity index (χ2v) is 4.05. The van der Waals surface area contributed by atoms with Crippen molar-refractivity contribution in [2.24, 2.45) is 0 Å². The Morgan fingerprint density at radius 2 is 2.00 bits per heavy atom. The molecule has 3 amide bonds. The molecule has 0 saturated carbocycles. The van der Waals surface area contributed by atoms with Gasteiger partial charge in [-0.15, -0.1) is 6.58 Å². The van der Waals surface area contributed by atoms with Crippen LogP contribution in [-0.4, -0.2) is 34.9 Å². The molecule has 2 rings (SSSR count). The molecule has 0 unspecified atom stereocenters. The summed E-state index contributed by atoms with van der Waals surface area (Å²) in [5.74, 6) is -0.125. The van der Waals surface area contributed by atoms with Crippen molar-refractivity contribution in [1.29, 1.82) is 0 Å². The van der Waals surface area contributed by atoms with E-state index in [9.17, 15) is 9.59 Å². The number of benzene rings is 1. The molecule has 1 aromatic rings. The third kappa shape index (κ3) is 2.68. The van der Waals surface area contributed by atoms with E-state index < -0.39 is 0 Å². The van der Waals surface area contributed by atoms with E-state index in [2.05, 4.69) is 12.0 Å². The van der Waals surface area contributed by atoms with Crippen molar-refractivity contribution >= 4 is 11.9 Å². The number of rotatable bonds is 4. The number of urea groups is 1. The van der Waals surface area contributed by atoms with Crippen molar-refractivity contribution in [3.05, 3.63) is 48.6 Å². The fourth-order valence-corrected chi connectivity index (χ4v) is 1.77. The van der Waals surface area contributed by atoms with Crippen LogP contribution in [0.25, 0.3) is 0 Å². The third-order valence-electron chi connectivity index (χ3n) is 2.68. The van der Waals surface area contributed by atoms with E-state index in [-0.39, 0.29) is 18.5 Å². The summed E-state index contributed by atoms with van der Waals surface area (Å²) < 4.78 is 0. The van der Waals surface area contributed by atoms with Crippen LogP contribution in [0, 0.1) is 0 Å². The SMILES string of the molecule is C=CCN1CC(=O)N(Cc2ccccc2)NC1=O. The Balaban J connectivity index is 2.01. The topological polar surface area (TPSA) is 52.7 Å². The molecule has 1 aliphatic rings. The zero-order valence-corrected chi connectivity index (χ0v) is 10.0. The van der Waals surface area contributed by atoms with Crippen LogP contribution >= 0.6 is 0 Å². The van der Waals surface area contributed by atoms with Crippen LogP contribution in [0.5, 0.6) is 0 Å². The second kappa shape index (κ2) is 5.35. The Labute approximate surface area is 106 Å². The number of amides is 3. The monoisotopic (exact) mass is 245 g/mol. The molecule has 1 aliphatic heterocycles. The molecule has 0 atom stereocenters. The molecule has 94 valence electrons. The summed E-state index contributed by atoms with van der Waals surface area (Å²) in [4.78, 5) is 25.0. The first-order valence-electron chi connectivity index (χ1n) is 5.71. The maximum Gasteiger partial charge on any atom is 0.337 e. The predicted octanol–water partition coefficient (Wildman–Crippen LogP) is 1.14. The van der Waals surface area contributed by atoms with E-state index in [1.165, 1.54) is 9.91 Å². The molecule has 1 saturated heterocycles. The largest absolute Gasteiger partial charge is 0.337 e. The molecule has 1 N–H and O–H groups in total. The first kappa shape index (κ1) is 12.2. The van der Waals surface area contributed by atoms with Crippen molar-refractivity contribution in [3.63, 3.8) is 0 Å². The van der Waals surface area contributed by atoms with Crippen LogP contribution in [0.15, 0.2) is 43.0 Å². The lowest BCUT2D eigenvalue weighted by Gasteiger charge is -2.34. The lowest BCUT2D eigenvalue weighted by Crippen LogP contribution is -2.60. The van der Waals surface area contributed by atoms with Crippen molar-refractivity contribution in [3.8, 4) is 0 Å². The van der Waals surface area contributed by atoms with Crippen molar-refractivity contribution in [2.75, 3.05) is 13.1 Å². The van der Waals surface area contributed by atoms with Crippen LogP contribution in [0.3, 0.4) is 0 Å². The van der Waals surface area contributed by atoms with Gasteiger partial charge in [0.2, 0.25) is 0 Å². The van der Waals surface area contributed by atoms with E-state index >= 15 is 0 Å². The Morgan fingerprint density at radius 1 is 1.28 bits per heavy atom. The molecule has 5 heteroatoms. The first-order chi connectivity index (χ1) is 8.70. The van der Waals surface area contributed by atoms with Gasteiger partial charge in [-0.3, -0.25) is 4.79 Å². The average Bonchev–Trinajstić information content (AvgIpc) is 2.37. The van der Waals surface area contributed by atoms with E-state index in [1.807, 2.05) is 30.3 Å². The maximum atomic E-state index is 11.9. The van der Waals surface area contributed by atoms with Gasteiger partial charge in [0.1, 0.15) is 6.54 Å². The van der Waals surface area contributed by atoms with E-state index in [0.717, 1.165) is 5.56 Å². The molecule has 1 aromatic carbocycles. The summed E-state index contributed by atoms with van der Waals surface area (Å²) in [6, 6.07) is 9.26. The normalized spacial score (nSPS) is 15.6. The molecule has 18 heavy (non-hydrogen) atoms. The maximum absolute atomic E-state index is 11.9. The molecule has 0 bridgehead atoms. The van der Waals surface area contributed by atoms with E-state index in [1.54, 1.807) is 6.08 Å². The number of carbonyl (C=O) groups is 2. The average molecular weight is 245 g/mol. The highest BCUT2D eigenvalue weighted by molar-refractivity contribution is 5.89. The van der Waals surface area contributed by atoms with Gasteiger partial charge in [-0.1, -0.05) is 36.4 Å². The van der Waals surface area contributed by atoms with Gasteiger partial charge in [-0.25, -0.2) is 15.2 Å². The third-order valence-corrected chi connectivity index (χ3v) is 2.68. The van der Waals surface area contributed by atoms with E-state index in [4.69, 9.17) is 0 Å². The number of carbonyl (C=O) groups excluding carboxylic acids is 2. The highest BCUT2D eigenvalue weighted by Crippen LogP contribution is 2.07. The van der Waals surface area contributed by atoms with Crippen LogP contribution < -0.4 is 5.43 Å². The van der Waals surface area contributed by atoms with E-state index in [0.29, 0.717) is 13.1 Å². The second-order valence-electron chi connectivity index (χ2n) is 4.05. The molecule has 0 spiro atoms. The molecule has 1 heterocycles. The summed E-state index contributed by atoms with van der Waals surface area (Å²) in [5.41, 5.74) is 3.55. The van der Waals surface area contributed by atoms with Gasteiger partial charge in [0.25, 0.3) is 5.91 Å². The van der Waals surface area contributed by atoms with Crippen LogP contribution in [0.1, 0.15) is 5.56 Å². The number of nitrogens with one attached hydrogen (secondary N) is 1. The Hall–Kier alpha value is -2.30. The quantitative estimate of drug-likeness (QED) is 0.809. The zero-order valence-electron chi connectivity index (χ0n) is 10.0. The predicted molar refractivity (Wildman–Crippen MR) is 67.3 cm³/mol. The smallest absolute Gasteiger partial charge is 0.310 e. The number of hydrazine groups is 1. The van der Waals surface area contributed by atoms with Gasteiger partial charge in [0, 0.05) is 6.54 Å². The molecular weight excluding hydrogens is 230 g/mol. The van der Waals surface area contributed by atoms with Crippen molar-refractivity contribution in [1.82, 2.24) is 15.3 Å². The van der Waals surface area contributed by atoms with Gasteiger partial charge in [0.15, 0.2) is 0 Å². The molecule has 1 fully saturated rings.